The number of aromatic amines is 1. The predicted molar refractivity (Wildman–Crippen MR) is 109 cm³/mol. The highest BCUT2D eigenvalue weighted by Gasteiger charge is 2.31. The lowest BCUT2D eigenvalue weighted by atomic mass is 9.97. The SMILES string of the molecule is CCOC(=O)c1c(C)[nH]c(C(=O)C(=O)N(C)CCO)c1-c1ccc(OC)c(OC)c1. The van der Waals surface area contributed by atoms with Crippen LogP contribution in [0, 0.1) is 6.92 Å². The lowest BCUT2D eigenvalue weighted by molar-refractivity contribution is -0.125. The molecule has 0 atom stereocenters. The number of nitrogens with zero attached hydrogens (tertiary/aromatic N) is 1. The summed E-state index contributed by atoms with van der Waals surface area (Å²) in [7, 11) is 4.37. The predicted octanol–water partition coefficient (Wildman–Crippen LogP) is 1.82. The number of Topliss-reactive ketones (excluding diaryl/α,β-unsaturated/α-hetero) is 1. The number of H-pyrrole nitrogens is 1. The number of carbonyl (C=O) groups excluding carboxylic acids is 3. The minimum Gasteiger partial charge on any atom is -0.493 e. The van der Waals surface area contributed by atoms with Gasteiger partial charge in [0.1, 0.15) is 5.69 Å². The number of likely N-dealkylation sites (N-methyl/N-ethyl adjacent to an activating group) is 1. The fraction of sp³-hybridized carbons (Fsp3) is 0.381. The summed E-state index contributed by atoms with van der Waals surface area (Å²) in [5.74, 6) is -1.41. The third-order valence-corrected chi connectivity index (χ3v) is 4.54. The number of amides is 1. The van der Waals surface area contributed by atoms with Crippen LogP contribution >= 0.6 is 0 Å². The summed E-state index contributed by atoms with van der Waals surface area (Å²) in [4.78, 5) is 42.1. The van der Waals surface area contributed by atoms with Crippen molar-refractivity contribution >= 4 is 17.7 Å². The molecule has 0 unspecified atom stereocenters. The number of ketones is 1. The van der Waals surface area contributed by atoms with E-state index in [4.69, 9.17) is 19.3 Å². The van der Waals surface area contributed by atoms with Crippen molar-refractivity contribution < 1.29 is 33.7 Å². The molecule has 9 heteroatoms. The number of aliphatic hydroxyl groups is 1. The Morgan fingerprint density at radius 3 is 2.37 bits per heavy atom. The Kier molecular flexibility index (Phi) is 7.60. The maximum atomic E-state index is 13.0. The summed E-state index contributed by atoms with van der Waals surface area (Å²) >= 11 is 0. The van der Waals surface area contributed by atoms with E-state index in [2.05, 4.69) is 4.98 Å². The maximum Gasteiger partial charge on any atom is 0.340 e. The van der Waals surface area contributed by atoms with Crippen LogP contribution in [0.3, 0.4) is 0 Å². The molecule has 1 aromatic heterocycles. The van der Waals surface area contributed by atoms with E-state index in [0.29, 0.717) is 22.8 Å². The molecule has 0 fully saturated rings. The lowest BCUT2D eigenvalue weighted by Crippen LogP contribution is -2.35. The maximum absolute atomic E-state index is 13.0. The molecule has 0 aliphatic carbocycles. The number of nitrogens with one attached hydrogen (secondary N) is 1. The smallest absolute Gasteiger partial charge is 0.340 e. The number of carbonyl (C=O) groups is 3. The molecule has 0 bridgehead atoms. The van der Waals surface area contributed by atoms with Crippen LogP contribution in [0.15, 0.2) is 18.2 Å². The Balaban J connectivity index is 2.71. The number of aliphatic hydroxyl groups excluding tert-OH is 1. The van der Waals surface area contributed by atoms with Gasteiger partial charge in [-0.1, -0.05) is 6.07 Å². The van der Waals surface area contributed by atoms with E-state index in [9.17, 15) is 14.4 Å². The van der Waals surface area contributed by atoms with Crippen molar-refractivity contribution in [3.8, 4) is 22.6 Å². The quantitative estimate of drug-likeness (QED) is 0.362. The van der Waals surface area contributed by atoms with Crippen LogP contribution in [0.25, 0.3) is 11.1 Å². The van der Waals surface area contributed by atoms with Crippen LogP contribution in [-0.4, -0.2) is 73.7 Å². The highest BCUT2D eigenvalue weighted by molar-refractivity contribution is 6.43. The average molecular weight is 418 g/mol. The standard InChI is InChI=1S/C21H26N2O7/c1-6-30-21(27)16-12(2)22-18(19(25)20(26)23(3)9-10-24)17(16)13-7-8-14(28-4)15(11-13)29-5/h7-8,11,22,24H,6,9-10H2,1-5H3. The number of hydrogen-bond acceptors (Lipinski definition) is 7. The Bertz CT molecular complexity index is 949. The monoisotopic (exact) mass is 418 g/mol. The van der Waals surface area contributed by atoms with Gasteiger partial charge in [0.05, 0.1) is 33.0 Å². The first-order valence-electron chi connectivity index (χ1n) is 9.33. The first-order chi connectivity index (χ1) is 14.3. The molecule has 1 amide bonds. The second-order valence-electron chi connectivity index (χ2n) is 6.44. The molecule has 2 rings (SSSR count). The van der Waals surface area contributed by atoms with Gasteiger partial charge in [0, 0.05) is 24.8 Å². The highest BCUT2D eigenvalue weighted by atomic mass is 16.5. The number of benzene rings is 1. The Labute approximate surface area is 174 Å². The van der Waals surface area contributed by atoms with Crippen LogP contribution in [0.1, 0.15) is 33.5 Å². The molecular formula is C21H26N2O7. The Morgan fingerprint density at radius 2 is 1.80 bits per heavy atom. The summed E-state index contributed by atoms with van der Waals surface area (Å²) in [5.41, 5.74) is 1.21. The lowest BCUT2D eigenvalue weighted by Gasteiger charge is -2.15. The molecule has 0 saturated heterocycles. The summed E-state index contributed by atoms with van der Waals surface area (Å²) in [6.07, 6.45) is 0. The van der Waals surface area contributed by atoms with Gasteiger partial charge in [-0.3, -0.25) is 9.59 Å². The third kappa shape index (κ3) is 4.46. The van der Waals surface area contributed by atoms with Crippen LogP contribution in [0.5, 0.6) is 11.5 Å². The van der Waals surface area contributed by atoms with E-state index < -0.39 is 17.7 Å². The minimum absolute atomic E-state index is 0.000684. The normalized spacial score (nSPS) is 10.5. The first-order valence-corrected chi connectivity index (χ1v) is 9.33. The van der Waals surface area contributed by atoms with Crippen molar-refractivity contribution in [3.63, 3.8) is 0 Å². The van der Waals surface area contributed by atoms with Crippen molar-refractivity contribution in [2.45, 2.75) is 13.8 Å². The molecule has 2 aromatic rings. The molecule has 162 valence electrons. The molecule has 0 aliphatic heterocycles. The Morgan fingerprint density at radius 1 is 1.13 bits per heavy atom. The van der Waals surface area contributed by atoms with Crippen LogP contribution in [0.2, 0.25) is 0 Å². The van der Waals surface area contributed by atoms with Gasteiger partial charge in [0.25, 0.3) is 11.7 Å². The van der Waals surface area contributed by atoms with Gasteiger partial charge in [-0.25, -0.2) is 4.79 Å². The van der Waals surface area contributed by atoms with Gasteiger partial charge in [-0.2, -0.15) is 0 Å². The largest absolute Gasteiger partial charge is 0.493 e. The molecule has 1 heterocycles. The van der Waals surface area contributed by atoms with Gasteiger partial charge in [-0.05, 0) is 31.5 Å². The molecule has 9 nitrogen and oxygen atoms in total. The summed E-state index contributed by atoms with van der Waals surface area (Å²) in [5, 5.41) is 9.06. The van der Waals surface area contributed by atoms with E-state index in [1.54, 1.807) is 32.0 Å². The highest BCUT2D eigenvalue weighted by Crippen LogP contribution is 2.37. The number of rotatable bonds is 9. The average Bonchev–Trinajstić information content (AvgIpc) is 3.09. The number of aryl methyl sites for hydroxylation is 1. The number of aromatic nitrogens is 1. The molecular weight excluding hydrogens is 392 g/mol. The summed E-state index contributed by atoms with van der Waals surface area (Å²) < 4.78 is 15.7. The molecule has 30 heavy (non-hydrogen) atoms. The van der Waals surface area contributed by atoms with Crippen LogP contribution in [-0.2, 0) is 9.53 Å². The van der Waals surface area contributed by atoms with Crippen molar-refractivity contribution in [1.82, 2.24) is 9.88 Å². The third-order valence-electron chi connectivity index (χ3n) is 4.54. The van der Waals surface area contributed by atoms with Gasteiger partial charge < -0.3 is 29.2 Å². The van der Waals surface area contributed by atoms with E-state index in [-0.39, 0.29) is 36.6 Å². The van der Waals surface area contributed by atoms with Crippen molar-refractivity contribution in [3.05, 3.63) is 35.2 Å². The first kappa shape index (κ1) is 23.0. The molecule has 0 radical (unpaired) electrons. The zero-order chi connectivity index (χ0) is 22.4. The number of ether oxygens (including phenoxy) is 3. The van der Waals surface area contributed by atoms with Gasteiger partial charge >= 0.3 is 5.97 Å². The van der Waals surface area contributed by atoms with Gasteiger partial charge in [-0.15, -0.1) is 0 Å². The molecule has 0 aliphatic rings. The summed E-state index contributed by atoms with van der Waals surface area (Å²) in [6.45, 7) is 3.16. The summed E-state index contributed by atoms with van der Waals surface area (Å²) in [6, 6.07) is 4.91. The number of methoxy groups -OCH3 is 2. The van der Waals surface area contributed by atoms with Crippen LogP contribution < -0.4 is 9.47 Å². The van der Waals surface area contributed by atoms with Gasteiger partial charge in [0.2, 0.25) is 0 Å². The van der Waals surface area contributed by atoms with Crippen molar-refractivity contribution in [2.24, 2.45) is 0 Å². The fourth-order valence-electron chi connectivity index (χ4n) is 3.07. The fourth-order valence-corrected chi connectivity index (χ4v) is 3.07. The molecule has 0 spiro atoms. The molecule has 2 N–H and O–H groups in total. The second kappa shape index (κ2) is 9.93. The van der Waals surface area contributed by atoms with E-state index >= 15 is 0 Å². The van der Waals surface area contributed by atoms with E-state index in [1.165, 1.54) is 21.3 Å². The van der Waals surface area contributed by atoms with Crippen molar-refractivity contribution in [2.75, 3.05) is 41.0 Å². The van der Waals surface area contributed by atoms with E-state index in [0.717, 1.165) is 4.90 Å². The van der Waals surface area contributed by atoms with E-state index in [1.807, 2.05) is 0 Å². The second-order valence-corrected chi connectivity index (χ2v) is 6.44. The number of esters is 1. The van der Waals surface area contributed by atoms with Crippen LogP contribution in [0.4, 0.5) is 0 Å². The molecule has 1 aromatic carbocycles. The topological polar surface area (TPSA) is 118 Å². The van der Waals surface area contributed by atoms with Crippen molar-refractivity contribution in [1.29, 1.82) is 0 Å². The zero-order valence-corrected chi connectivity index (χ0v) is 17.7. The zero-order valence-electron chi connectivity index (χ0n) is 17.7. The van der Waals surface area contributed by atoms with Gasteiger partial charge in [0.15, 0.2) is 11.5 Å². The minimum atomic E-state index is -0.839. The Hall–Kier alpha value is -3.33. The number of hydrogen-bond donors (Lipinski definition) is 2. The molecule has 0 saturated carbocycles.